The summed E-state index contributed by atoms with van der Waals surface area (Å²) in [5.74, 6) is -0.116. The zero-order valence-electron chi connectivity index (χ0n) is 44.6. The van der Waals surface area contributed by atoms with Gasteiger partial charge in [-0.2, -0.15) is 0 Å². The Balaban J connectivity index is 3.54. The van der Waals surface area contributed by atoms with Gasteiger partial charge in [0.25, 0.3) is 0 Å². The van der Waals surface area contributed by atoms with Crippen molar-refractivity contribution in [2.24, 2.45) is 0 Å². The van der Waals surface area contributed by atoms with E-state index in [1.54, 1.807) is 6.08 Å². The van der Waals surface area contributed by atoms with Crippen molar-refractivity contribution in [1.82, 2.24) is 5.32 Å². The van der Waals surface area contributed by atoms with Gasteiger partial charge in [0, 0.05) is 12.8 Å². The number of hydrogen-bond donors (Lipinski definition) is 3. The van der Waals surface area contributed by atoms with Gasteiger partial charge in [-0.3, -0.25) is 9.59 Å². The SMILES string of the molecule is CCCCCCCCC/C=C\CCCCCCCCCC(=O)OCCCCC/C=C\C=C/CCCCCCCCC(=O)NC(CO)C(O)/C=C/CCCCCCCCCCCCCCCCC. The molecule has 0 aliphatic carbocycles. The molecule has 0 saturated heterocycles. The van der Waals surface area contributed by atoms with Crippen LogP contribution in [0.15, 0.2) is 48.6 Å². The van der Waals surface area contributed by atoms with Crippen LogP contribution in [-0.4, -0.2) is 47.4 Å². The number of rotatable bonds is 54. The average Bonchev–Trinajstić information content (AvgIpc) is 3.33. The minimum Gasteiger partial charge on any atom is -0.466 e. The lowest BCUT2D eigenvalue weighted by Crippen LogP contribution is -2.45. The topological polar surface area (TPSA) is 95.9 Å². The Kier molecular flexibility index (Phi) is 54.6. The van der Waals surface area contributed by atoms with Crippen LogP contribution < -0.4 is 5.32 Å². The molecule has 1 amide bonds. The second-order valence-corrected chi connectivity index (χ2v) is 20.0. The fourth-order valence-electron chi connectivity index (χ4n) is 8.80. The molecule has 6 nitrogen and oxygen atoms in total. The number of allylic oxidation sites excluding steroid dienone is 7. The first-order valence-electron chi connectivity index (χ1n) is 29.4. The molecule has 3 N–H and O–H groups in total. The molecule has 0 bridgehead atoms. The second kappa shape index (κ2) is 56.4. The highest BCUT2D eigenvalue weighted by molar-refractivity contribution is 5.76. The average molecular weight is 941 g/mol. The van der Waals surface area contributed by atoms with Crippen molar-refractivity contribution >= 4 is 11.9 Å². The van der Waals surface area contributed by atoms with E-state index in [0.29, 0.717) is 19.4 Å². The summed E-state index contributed by atoms with van der Waals surface area (Å²) >= 11 is 0. The lowest BCUT2D eigenvalue weighted by Gasteiger charge is -2.20. The maximum atomic E-state index is 12.5. The van der Waals surface area contributed by atoms with Crippen LogP contribution in [0.2, 0.25) is 0 Å². The molecule has 67 heavy (non-hydrogen) atoms. The number of ether oxygens (including phenoxy) is 1. The van der Waals surface area contributed by atoms with Gasteiger partial charge >= 0.3 is 5.97 Å². The predicted octanol–water partition coefficient (Wildman–Crippen LogP) is 18.2. The third-order valence-electron chi connectivity index (χ3n) is 13.3. The summed E-state index contributed by atoms with van der Waals surface area (Å²) in [5.41, 5.74) is 0. The minimum atomic E-state index is -0.860. The van der Waals surface area contributed by atoms with E-state index >= 15 is 0 Å². The Bertz CT molecular complexity index is 1130. The highest BCUT2D eigenvalue weighted by atomic mass is 16.5. The smallest absolute Gasteiger partial charge is 0.305 e. The maximum Gasteiger partial charge on any atom is 0.305 e. The summed E-state index contributed by atoms with van der Waals surface area (Å²) in [7, 11) is 0. The number of amides is 1. The summed E-state index contributed by atoms with van der Waals surface area (Å²) in [4.78, 5) is 24.5. The van der Waals surface area contributed by atoms with Gasteiger partial charge in [-0.15, -0.1) is 0 Å². The summed E-state index contributed by atoms with van der Waals surface area (Å²) in [6.07, 6.45) is 71.3. The maximum absolute atomic E-state index is 12.5. The first-order valence-corrected chi connectivity index (χ1v) is 29.4. The van der Waals surface area contributed by atoms with Gasteiger partial charge in [0.2, 0.25) is 5.91 Å². The molecule has 0 aliphatic heterocycles. The Hall–Kier alpha value is -2.18. The molecule has 0 rings (SSSR count). The molecule has 0 spiro atoms. The van der Waals surface area contributed by atoms with Gasteiger partial charge in [-0.05, 0) is 89.9 Å². The normalized spacial score (nSPS) is 13.0. The van der Waals surface area contributed by atoms with Crippen LogP contribution in [0.25, 0.3) is 0 Å². The molecule has 392 valence electrons. The Labute approximate surface area is 416 Å². The fourth-order valence-corrected chi connectivity index (χ4v) is 8.80. The lowest BCUT2D eigenvalue weighted by atomic mass is 10.0. The standard InChI is InChI=1S/C61H113NO5/c1-3-5-7-9-11-13-15-17-19-21-23-27-31-35-39-43-47-51-55-61(66)67-56-52-48-44-40-36-32-28-24-26-30-34-38-42-46-50-54-60(65)62-58(57-63)59(64)53-49-45-41-37-33-29-25-22-20-18-16-14-12-10-8-6-4-2/h19,21,24,28,32,36,49,53,58-59,63-64H,3-18,20,22-23,25-27,29-31,33-35,37-48,50-52,54-57H2,1-2H3,(H,62,65)/b21-19-,28-24-,36-32-,53-49+. The lowest BCUT2D eigenvalue weighted by molar-refractivity contribution is -0.143. The van der Waals surface area contributed by atoms with Crippen molar-refractivity contribution < 1.29 is 24.5 Å². The number of unbranched alkanes of at least 4 members (excludes halogenated alkanes) is 38. The Morgan fingerprint density at radius 3 is 1.15 bits per heavy atom. The molecular formula is C61H113NO5. The van der Waals surface area contributed by atoms with Crippen LogP contribution in [-0.2, 0) is 14.3 Å². The first-order chi connectivity index (χ1) is 33.0. The van der Waals surface area contributed by atoms with E-state index in [1.807, 2.05) is 6.08 Å². The van der Waals surface area contributed by atoms with E-state index in [0.717, 1.165) is 77.0 Å². The van der Waals surface area contributed by atoms with E-state index in [4.69, 9.17) is 4.74 Å². The second-order valence-electron chi connectivity index (χ2n) is 20.0. The fraction of sp³-hybridized carbons (Fsp3) is 0.836. The van der Waals surface area contributed by atoms with Crippen molar-refractivity contribution in [3.05, 3.63) is 48.6 Å². The highest BCUT2D eigenvalue weighted by Gasteiger charge is 2.18. The third kappa shape index (κ3) is 53.0. The number of esters is 1. The van der Waals surface area contributed by atoms with E-state index < -0.39 is 12.1 Å². The molecule has 0 aliphatic rings. The molecule has 0 radical (unpaired) electrons. The molecule has 2 atom stereocenters. The van der Waals surface area contributed by atoms with Crippen LogP contribution in [0.5, 0.6) is 0 Å². The third-order valence-corrected chi connectivity index (χ3v) is 13.3. The van der Waals surface area contributed by atoms with Crippen LogP contribution in [0.3, 0.4) is 0 Å². The van der Waals surface area contributed by atoms with Crippen LogP contribution >= 0.6 is 0 Å². The molecule has 0 aromatic heterocycles. The molecule has 2 unspecified atom stereocenters. The Morgan fingerprint density at radius 2 is 0.746 bits per heavy atom. The molecule has 0 heterocycles. The van der Waals surface area contributed by atoms with Crippen molar-refractivity contribution in [1.29, 1.82) is 0 Å². The van der Waals surface area contributed by atoms with E-state index in [9.17, 15) is 19.8 Å². The number of aliphatic hydroxyl groups excluding tert-OH is 2. The molecule has 0 aromatic carbocycles. The molecule has 0 fully saturated rings. The van der Waals surface area contributed by atoms with Gasteiger partial charge in [0.05, 0.1) is 25.4 Å². The van der Waals surface area contributed by atoms with Gasteiger partial charge in [0.1, 0.15) is 0 Å². The van der Waals surface area contributed by atoms with Crippen molar-refractivity contribution in [3.63, 3.8) is 0 Å². The van der Waals surface area contributed by atoms with E-state index in [1.165, 1.54) is 199 Å². The Morgan fingerprint density at radius 1 is 0.418 bits per heavy atom. The zero-order valence-corrected chi connectivity index (χ0v) is 44.6. The quantitative estimate of drug-likeness (QED) is 0.0244. The summed E-state index contributed by atoms with van der Waals surface area (Å²) in [6, 6.07) is -0.646. The number of hydrogen-bond acceptors (Lipinski definition) is 5. The number of nitrogens with one attached hydrogen (secondary N) is 1. The molecule has 0 aromatic rings. The van der Waals surface area contributed by atoms with Crippen molar-refractivity contribution in [2.75, 3.05) is 13.2 Å². The van der Waals surface area contributed by atoms with Gasteiger partial charge < -0.3 is 20.3 Å². The van der Waals surface area contributed by atoms with Gasteiger partial charge in [-0.1, -0.05) is 249 Å². The van der Waals surface area contributed by atoms with Crippen LogP contribution in [0.4, 0.5) is 0 Å². The predicted molar refractivity (Wildman–Crippen MR) is 292 cm³/mol. The highest BCUT2D eigenvalue weighted by Crippen LogP contribution is 2.16. The zero-order chi connectivity index (χ0) is 48.6. The largest absolute Gasteiger partial charge is 0.466 e. The molecular weight excluding hydrogens is 827 g/mol. The van der Waals surface area contributed by atoms with Crippen LogP contribution in [0.1, 0.15) is 303 Å². The monoisotopic (exact) mass is 940 g/mol. The summed E-state index contributed by atoms with van der Waals surface area (Å²) in [6.45, 7) is 4.85. The van der Waals surface area contributed by atoms with Gasteiger partial charge in [0.15, 0.2) is 0 Å². The van der Waals surface area contributed by atoms with Gasteiger partial charge in [-0.25, -0.2) is 0 Å². The first kappa shape index (κ1) is 64.8. The minimum absolute atomic E-state index is 0.0260. The van der Waals surface area contributed by atoms with E-state index in [2.05, 4.69) is 55.6 Å². The molecule has 0 saturated carbocycles. The van der Waals surface area contributed by atoms with Crippen molar-refractivity contribution in [3.8, 4) is 0 Å². The number of carbonyl (C=O) groups excluding carboxylic acids is 2. The van der Waals surface area contributed by atoms with Crippen molar-refractivity contribution in [2.45, 2.75) is 315 Å². The number of aliphatic hydroxyl groups is 2. The summed E-state index contributed by atoms with van der Waals surface area (Å²) in [5, 5.41) is 23.1. The number of carbonyl (C=O) groups is 2. The van der Waals surface area contributed by atoms with E-state index in [-0.39, 0.29) is 18.5 Å². The van der Waals surface area contributed by atoms with Crippen LogP contribution in [0, 0.1) is 0 Å². The molecule has 6 heteroatoms. The summed E-state index contributed by atoms with van der Waals surface area (Å²) < 4.78 is 5.46.